The Morgan fingerprint density at radius 1 is 1.65 bits per heavy atom. The first-order valence-corrected chi connectivity index (χ1v) is 8.71. The zero-order valence-corrected chi connectivity index (χ0v) is 14.4. The maximum Gasteiger partial charge on any atom is 0.0933 e. The fourth-order valence-electron chi connectivity index (χ4n) is 2.66. The molecule has 20 heavy (non-hydrogen) atoms. The van der Waals surface area contributed by atoms with Crippen LogP contribution < -0.4 is 5.73 Å². The Morgan fingerprint density at radius 2 is 2.40 bits per heavy atom. The molecule has 2 heterocycles. The van der Waals surface area contributed by atoms with Gasteiger partial charge in [0, 0.05) is 33.4 Å². The van der Waals surface area contributed by atoms with Crippen molar-refractivity contribution in [2.24, 2.45) is 5.73 Å². The molecule has 0 aliphatic carbocycles. The summed E-state index contributed by atoms with van der Waals surface area (Å²) in [5.74, 6) is 0. The molecule has 0 aromatic carbocycles. The quantitative estimate of drug-likeness (QED) is 0.843. The van der Waals surface area contributed by atoms with Gasteiger partial charge in [-0.25, -0.2) is 0 Å². The maximum atomic E-state index is 9.36. The summed E-state index contributed by atoms with van der Waals surface area (Å²) in [4.78, 5) is 3.66. The van der Waals surface area contributed by atoms with E-state index < -0.39 is 0 Å². The van der Waals surface area contributed by atoms with Crippen molar-refractivity contribution in [3.8, 4) is 0 Å². The number of aliphatic hydroxyl groups excluding tert-OH is 1. The molecule has 0 saturated carbocycles. The number of nitrogens with zero attached hydrogens (tertiary/aromatic N) is 1. The minimum Gasteiger partial charge on any atom is -0.394 e. The van der Waals surface area contributed by atoms with Gasteiger partial charge in [-0.1, -0.05) is 6.92 Å². The van der Waals surface area contributed by atoms with E-state index in [2.05, 4.69) is 46.1 Å². The summed E-state index contributed by atoms with van der Waals surface area (Å²) >= 11 is 5.26. The van der Waals surface area contributed by atoms with Crippen LogP contribution in [0.1, 0.15) is 31.2 Å². The number of rotatable bonds is 5. The van der Waals surface area contributed by atoms with E-state index in [-0.39, 0.29) is 24.8 Å². The Kier molecular flexibility index (Phi) is 6.01. The second-order valence-corrected chi connectivity index (χ2v) is 7.23. The van der Waals surface area contributed by atoms with E-state index in [9.17, 15) is 5.11 Å². The van der Waals surface area contributed by atoms with Crippen molar-refractivity contribution in [3.63, 3.8) is 0 Å². The monoisotopic (exact) mass is 362 g/mol. The minimum absolute atomic E-state index is 0.0610. The Labute approximate surface area is 133 Å². The minimum atomic E-state index is -0.110. The lowest BCUT2D eigenvalue weighted by molar-refractivity contribution is -0.0944. The average Bonchev–Trinajstić information content (AvgIpc) is 2.87. The molecule has 4 nitrogen and oxygen atoms in total. The molecule has 1 saturated heterocycles. The van der Waals surface area contributed by atoms with Crippen LogP contribution in [0.3, 0.4) is 0 Å². The normalized spacial score (nSPS) is 27.4. The number of ether oxygens (including phenoxy) is 1. The van der Waals surface area contributed by atoms with E-state index in [0.29, 0.717) is 12.6 Å². The Morgan fingerprint density at radius 3 is 2.95 bits per heavy atom. The van der Waals surface area contributed by atoms with Crippen molar-refractivity contribution in [2.75, 3.05) is 19.8 Å². The van der Waals surface area contributed by atoms with Gasteiger partial charge in [-0.3, -0.25) is 4.90 Å². The van der Waals surface area contributed by atoms with Crippen LogP contribution in [-0.2, 0) is 4.74 Å². The van der Waals surface area contributed by atoms with Crippen LogP contribution in [0, 0.1) is 0 Å². The van der Waals surface area contributed by atoms with Crippen molar-refractivity contribution in [2.45, 2.75) is 44.5 Å². The molecule has 4 atom stereocenters. The number of hydrogen-bond acceptors (Lipinski definition) is 5. The van der Waals surface area contributed by atoms with Crippen molar-refractivity contribution in [3.05, 3.63) is 20.8 Å². The number of nitrogens with two attached hydrogens (primary N) is 1. The fourth-order valence-corrected chi connectivity index (χ4v) is 4.30. The molecule has 0 bridgehead atoms. The number of halogens is 1. The maximum absolute atomic E-state index is 9.36. The van der Waals surface area contributed by atoms with Gasteiger partial charge in [-0.05, 0) is 35.3 Å². The second kappa shape index (κ2) is 7.33. The number of morpholine rings is 1. The molecule has 4 unspecified atom stereocenters. The van der Waals surface area contributed by atoms with E-state index >= 15 is 0 Å². The Hall–Kier alpha value is 0.0200. The predicted molar refractivity (Wildman–Crippen MR) is 86.0 cm³/mol. The van der Waals surface area contributed by atoms with E-state index in [1.165, 1.54) is 4.88 Å². The summed E-state index contributed by atoms with van der Waals surface area (Å²) in [5, 5.41) is 11.5. The molecule has 0 radical (unpaired) electrons. The van der Waals surface area contributed by atoms with Gasteiger partial charge in [0.05, 0.1) is 25.4 Å². The third-order valence-electron chi connectivity index (χ3n) is 3.87. The van der Waals surface area contributed by atoms with E-state index in [1.807, 2.05) is 0 Å². The molecule has 2 rings (SSSR count). The molecule has 6 heteroatoms. The molecule has 114 valence electrons. The summed E-state index contributed by atoms with van der Waals surface area (Å²) in [6.07, 6.45) is 0.815. The molecule has 1 aliphatic rings. The third kappa shape index (κ3) is 3.61. The van der Waals surface area contributed by atoms with Crippen molar-refractivity contribution in [1.29, 1.82) is 0 Å². The molecule has 0 spiro atoms. The average molecular weight is 363 g/mol. The number of hydrogen-bond donors (Lipinski definition) is 2. The molecule has 1 aliphatic heterocycles. The highest BCUT2D eigenvalue weighted by Crippen LogP contribution is 2.34. The van der Waals surface area contributed by atoms with Crippen molar-refractivity contribution < 1.29 is 9.84 Å². The Bertz CT molecular complexity index is 429. The van der Waals surface area contributed by atoms with E-state index in [1.54, 1.807) is 11.3 Å². The zero-order valence-electron chi connectivity index (χ0n) is 12.0. The lowest BCUT2D eigenvalue weighted by Gasteiger charge is -2.44. The van der Waals surface area contributed by atoms with E-state index in [4.69, 9.17) is 10.5 Å². The summed E-state index contributed by atoms with van der Waals surface area (Å²) < 4.78 is 6.74. The zero-order chi connectivity index (χ0) is 14.7. The molecule has 1 fully saturated rings. The van der Waals surface area contributed by atoms with Crippen molar-refractivity contribution in [1.82, 2.24) is 4.90 Å². The van der Waals surface area contributed by atoms with E-state index in [0.717, 1.165) is 17.4 Å². The van der Waals surface area contributed by atoms with Gasteiger partial charge in [0.25, 0.3) is 0 Å². The van der Waals surface area contributed by atoms with Crippen LogP contribution in [0.4, 0.5) is 0 Å². The first-order valence-electron chi connectivity index (χ1n) is 7.04. The molecule has 3 N–H and O–H groups in total. The summed E-state index contributed by atoms with van der Waals surface area (Å²) in [7, 11) is 0. The van der Waals surface area contributed by atoms with Gasteiger partial charge < -0.3 is 15.6 Å². The summed E-state index contributed by atoms with van der Waals surface area (Å²) in [6, 6.07) is 2.73. The van der Waals surface area contributed by atoms with Gasteiger partial charge in [0.1, 0.15) is 0 Å². The van der Waals surface area contributed by atoms with Gasteiger partial charge in [-0.15, -0.1) is 11.3 Å². The fraction of sp³-hybridized carbons (Fsp3) is 0.714. The predicted octanol–water partition coefficient (Wildman–Crippen LogP) is 2.37. The smallest absolute Gasteiger partial charge is 0.0933 e. The highest BCUT2D eigenvalue weighted by atomic mass is 79.9. The summed E-state index contributed by atoms with van der Waals surface area (Å²) in [5.41, 5.74) is 6.38. The van der Waals surface area contributed by atoms with Gasteiger partial charge >= 0.3 is 0 Å². The lowest BCUT2D eigenvalue weighted by Crippen LogP contribution is -2.54. The topological polar surface area (TPSA) is 58.7 Å². The molecule has 1 aromatic heterocycles. The van der Waals surface area contributed by atoms with Crippen LogP contribution in [0.15, 0.2) is 15.9 Å². The van der Waals surface area contributed by atoms with Gasteiger partial charge in [-0.2, -0.15) is 0 Å². The molecular weight excluding hydrogens is 340 g/mol. The SMILES string of the molecule is CCC(N)C(c1cc(Br)cs1)N1CC(CO)OCC1C. The molecule has 0 amide bonds. The highest BCUT2D eigenvalue weighted by Gasteiger charge is 2.35. The van der Waals surface area contributed by atoms with Crippen LogP contribution in [0.2, 0.25) is 0 Å². The van der Waals surface area contributed by atoms with Gasteiger partial charge in [0.15, 0.2) is 0 Å². The second-order valence-electron chi connectivity index (χ2n) is 5.37. The molecular formula is C14H23BrN2O2S. The number of thiophene rings is 1. The van der Waals surface area contributed by atoms with Crippen molar-refractivity contribution >= 4 is 27.3 Å². The standard InChI is InChI=1S/C14H23BrN2O2S/c1-3-12(16)14(13-4-10(15)8-20-13)17-5-11(6-18)19-7-9(17)2/h4,8-9,11-12,14,18H,3,5-7,16H2,1-2H3. The van der Waals surface area contributed by atoms with Crippen LogP contribution in [-0.4, -0.2) is 48.0 Å². The molecule has 1 aromatic rings. The van der Waals surface area contributed by atoms with Crippen LogP contribution >= 0.6 is 27.3 Å². The largest absolute Gasteiger partial charge is 0.394 e. The number of aliphatic hydroxyl groups is 1. The van der Waals surface area contributed by atoms with Gasteiger partial charge in [0.2, 0.25) is 0 Å². The highest BCUT2D eigenvalue weighted by molar-refractivity contribution is 9.10. The third-order valence-corrected chi connectivity index (χ3v) is 5.64. The Balaban J connectivity index is 2.25. The first-order chi connectivity index (χ1) is 9.56. The van der Waals surface area contributed by atoms with Crippen LogP contribution in [0.5, 0.6) is 0 Å². The van der Waals surface area contributed by atoms with Crippen LogP contribution in [0.25, 0.3) is 0 Å². The summed E-state index contributed by atoms with van der Waals surface area (Å²) in [6.45, 7) is 5.71. The lowest BCUT2D eigenvalue weighted by atomic mass is 9.99. The first kappa shape index (κ1) is 16.4.